The number of aliphatic hydroxyl groups excluding tert-OH is 1. The molecule has 1 fully saturated rings. The number of benzene rings is 1. The summed E-state index contributed by atoms with van der Waals surface area (Å²) in [4.78, 5) is 12.6. The Hall–Kier alpha value is -2.29. The van der Waals surface area contributed by atoms with Crippen molar-refractivity contribution in [1.29, 1.82) is 0 Å². The standard InChI is InChI=1S/C21H27NO7/c23-5-6-25-7-8-26-20-11-16(15-3-4-17-18(9-15)28-13-27-17)10-19(29-20)21(24)22-12-14-1-2-14/h3-4,9-10,14,16,20,23H,1-2,5-8,11-13H2,(H,22,24)/t16-,20+/m0/s1. The van der Waals surface area contributed by atoms with Crippen molar-refractivity contribution in [3.8, 4) is 11.5 Å². The predicted octanol–water partition coefficient (Wildman–Crippen LogP) is 1.68. The molecule has 8 heteroatoms. The predicted molar refractivity (Wildman–Crippen MR) is 102 cm³/mol. The quantitative estimate of drug-likeness (QED) is 0.572. The molecule has 1 amide bonds. The largest absolute Gasteiger partial charge is 0.459 e. The number of amides is 1. The van der Waals surface area contributed by atoms with E-state index in [-0.39, 0.29) is 37.6 Å². The minimum Gasteiger partial charge on any atom is -0.459 e. The number of fused-ring (bicyclic) bond motifs is 1. The molecule has 158 valence electrons. The van der Waals surface area contributed by atoms with Crippen LogP contribution in [0.4, 0.5) is 0 Å². The summed E-state index contributed by atoms with van der Waals surface area (Å²) in [5.74, 6) is 2.03. The van der Waals surface area contributed by atoms with E-state index in [1.54, 1.807) is 0 Å². The van der Waals surface area contributed by atoms with Gasteiger partial charge in [0.15, 0.2) is 17.3 Å². The van der Waals surface area contributed by atoms with Crippen LogP contribution in [0.15, 0.2) is 30.0 Å². The highest BCUT2D eigenvalue weighted by atomic mass is 16.7. The van der Waals surface area contributed by atoms with Gasteiger partial charge in [-0.2, -0.15) is 0 Å². The molecule has 0 bridgehead atoms. The second-order valence-corrected chi connectivity index (χ2v) is 7.39. The van der Waals surface area contributed by atoms with Gasteiger partial charge >= 0.3 is 0 Å². The maximum atomic E-state index is 12.6. The molecule has 2 atom stereocenters. The van der Waals surface area contributed by atoms with Crippen LogP contribution in [0.1, 0.15) is 30.7 Å². The van der Waals surface area contributed by atoms with Gasteiger partial charge in [0.1, 0.15) is 0 Å². The summed E-state index contributed by atoms with van der Waals surface area (Å²) in [6.07, 6.45) is 4.19. The number of nitrogens with one attached hydrogen (secondary N) is 1. The van der Waals surface area contributed by atoms with E-state index in [4.69, 9.17) is 28.8 Å². The van der Waals surface area contributed by atoms with Crippen molar-refractivity contribution in [2.24, 2.45) is 5.92 Å². The molecule has 0 radical (unpaired) electrons. The topological polar surface area (TPSA) is 95.5 Å². The molecule has 2 N–H and O–H groups in total. The lowest BCUT2D eigenvalue weighted by Gasteiger charge is -2.29. The lowest BCUT2D eigenvalue weighted by molar-refractivity contribution is -0.151. The summed E-state index contributed by atoms with van der Waals surface area (Å²) < 4.78 is 27.7. The molecule has 1 aromatic carbocycles. The van der Waals surface area contributed by atoms with Gasteiger partial charge in [-0.05, 0) is 42.5 Å². The number of allylic oxidation sites excluding steroid dienone is 1. The van der Waals surface area contributed by atoms with Gasteiger partial charge in [-0.1, -0.05) is 6.07 Å². The first kappa shape index (κ1) is 20.0. The fourth-order valence-corrected chi connectivity index (χ4v) is 3.35. The van der Waals surface area contributed by atoms with Crippen molar-refractivity contribution in [3.05, 3.63) is 35.6 Å². The van der Waals surface area contributed by atoms with Crippen molar-refractivity contribution in [1.82, 2.24) is 5.32 Å². The molecule has 2 heterocycles. The van der Waals surface area contributed by atoms with Crippen molar-refractivity contribution in [2.45, 2.75) is 31.5 Å². The highest BCUT2D eigenvalue weighted by molar-refractivity contribution is 5.91. The normalized spacial score (nSPS) is 22.7. The van der Waals surface area contributed by atoms with Gasteiger partial charge in [0.2, 0.25) is 13.1 Å². The fraction of sp³-hybridized carbons (Fsp3) is 0.571. The number of carbonyl (C=O) groups excluding carboxylic acids is 1. The van der Waals surface area contributed by atoms with Crippen molar-refractivity contribution >= 4 is 5.91 Å². The second-order valence-electron chi connectivity index (χ2n) is 7.39. The Morgan fingerprint density at radius 1 is 1.17 bits per heavy atom. The molecule has 2 aliphatic heterocycles. The summed E-state index contributed by atoms with van der Waals surface area (Å²) in [5.41, 5.74) is 1.01. The Kier molecular flexibility index (Phi) is 6.53. The van der Waals surface area contributed by atoms with Crippen LogP contribution in [-0.2, 0) is 19.0 Å². The number of hydrogen-bond acceptors (Lipinski definition) is 7. The Morgan fingerprint density at radius 2 is 2.03 bits per heavy atom. The maximum absolute atomic E-state index is 12.6. The van der Waals surface area contributed by atoms with Crippen molar-refractivity contribution in [3.63, 3.8) is 0 Å². The van der Waals surface area contributed by atoms with Crippen molar-refractivity contribution in [2.75, 3.05) is 39.8 Å². The third-order valence-corrected chi connectivity index (χ3v) is 5.12. The number of carbonyl (C=O) groups is 1. The molecular formula is C21H27NO7. The lowest BCUT2D eigenvalue weighted by Crippen LogP contribution is -2.34. The van der Waals surface area contributed by atoms with E-state index >= 15 is 0 Å². The Labute approximate surface area is 169 Å². The van der Waals surface area contributed by atoms with Gasteiger partial charge in [-0.25, -0.2) is 0 Å². The van der Waals surface area contributed by atoms with E-state index in [9.17, 15) is 4.79 Å². The number of hydrogen-bond donors (Lipinski definition) is 2. The first-order chi connectivity index (χ1) is 14.2. The molecule has 8 nitrogen and oxygen atoms in total. The molecule has 29 heavy (non-hydrogen) atoms. The van der Waals surface area contributed by atoms with Gasteiger partial charge in [0.05, 0.1) is 26.4 Å². The van der Waals surface area contributed by atoms with Crippen LogP contribution in [0.25, 0.3) is 0 Å². The molecule has 4 rings (SSSR count). The van der Waals surface area contributed by atoms with E-state index < -0.39 is 6.29 Å². The average Bonchev–Trinajstić information content (AvgIpc) is 3.46. The highest BCUT2D eigenvalue weighted by Gasteiger charge is 2.30. The molecule has 0 aromatic heterocycles. The zero-order valence-electron chi connectivity index (χ0n) is 16.3. The minimum atomic E-state index is -0.560. The molecular weight excluding hydrogens is 378 g/mol. The smallest absolute Gasteiger partial charge is 0.286 e. The molecule has 0 saturated heterocycles. The van der Waals surface area contributed by atoms with Crippen LogP contribution in [0.5, 0.6) is 11.5 Å². The third-order valence-electron chi connectivity index (χ3n) is 5.12. The van der Waals surface area contributed by atoms with Gasteiger partial charge in [-0.3, -0.25) is 4.79 Å². The van der Waals surface area contributed by atoms with Gasteiger partial charge in [0, 0.05) is 18.9 Å². The number of aliphatic hydroxyl groups is 1. The molecule has 0 unspecified atom stereocenters. The summed E-state index contributed by atoms with van der Waals surface area (Å²) in [5, 5.41) is 11.7. The lowest BCUT2D eigenvalue weighted by atomic mass is 9.92. The van der Waals surface area contributed by atoms with Crippen LogP contribution in [-0.4, -0.2) is 57.1 Å². The molecule has 0 spiro atoms. The monoisotopic (exact) mass is 405 g/mol. The Morgan fingerprint density at radius 3 is 2.86 bits per heavy atom. The SMILES string of the molecule is O=C(NCC1CC1)C1=C[C@H](c2ccc3c(c2)OCO3)C[C@H](OCCOCCO)O1. The Bertz CT molecular complexity index is 747. The molecule has 1 aliphatic carbocycles. The summed E-state index contributed by atoms with van der Waals surface area (Å²) in [6, 6.07) is 5.80. The third kappa shape index (κ3) is 5.41. The Balaban J connectivity index is 1.43. The van der Waals surface area contributed by atoms with E-state index in [1.165, 1.54) is 12.8 Å². The van der Waals surface area contributed by atoms with Crippen LogP contribution in [0.2, 0.25) is 0 Å². The van der Waals surface area contributed by atoms with Crippen LogP contribution in [0.3, 0.4) is 0 Å². The van der Waals surface area contributed by atoms with Gasteiger partial charge in [0.25, 0.3) is 5.91 Å². The molecule has 1 aromatic rings. The van der Waals surface area contributed by atoms with E-state index in [1.807, 2.05) is 24.3 Å². The van der Waals surface area contributed by atoms with Crippen LogP contribution < -0.4 is 14.8 Å². The van der Waals surface area contributed by atoms with Crippen molar-refractivity contribution < 1.29 is 33.6 Å². The summed E-state index contributed by atoms with van der Waals surface area (Å²) >= 11 is 0. The average molecular weight is 405 g/mol. The van der Waals surface area contributed by atoms with E-state index in [0.29, 0.717) is 37.8 Å². The van der Waals surface area contributed by atoms with E-state index in [2.05, 4.69) is 5.32 Å². The first-order valence-corrected chi connectivity index (χ1v) is 10.1. The van der Waals surface area contributed by atoms with Gasteiger partial charge < -0.3 is 34.1 Å². The molecule has 1 saturated carbocycles. The van der Waals surface area contributed by atoms with Crippen LogP contribution in [0, 0.1) is 5.92 Å². The summed E-state index contributed by atoms with van der Waals surface area (Å²) in [6.45, 7) is 1.80. The minimum absolute atomic E-state index is 0.0276. The fourth-order valence-electron chi connectivity index (χ4n) is 3.35. The highest BCUT2D eigenvalue weighted by Crippen LogP contribution is 2.38. The zero-order chi connectivity index (χ0) is 20.1. The summed E-state index contributed by atoms with van der Waals surface area (Å²) in [7, 11) is 0. The van der Waals surface area contributed by atoms with Crippen LogP contribution >= 0.6 is 0 Å². The zero-order valence-corrected chi connectivity index (χ0v) is 16.3. The van der Waals surface area contributed by atoms with Gasteiger partial charge in [-0.15, -0.1) is 0 Å². The first-order valence-electron chi connectivity index (χ1n) is 10.1. The number of rotatable bonds is 10. The maximum Gasteiger partial charge on any atom is 0.286 e. The number of ether oxygens (including phenoxy) is 5. The molecule has 3 aliphatic rings. The van der Waals surface area contributed by atoms with E-state index in [0.717, 1.165) is 11.3 Å². The second kappa shape index (κ2) is 9.47.